The van der Waals surface area contributed by atoms with Gasteiger partial charge in [-0.2, -0.15) is 0 Å². The minimum Gasteiger partial charge on any atom is -0.328 e. The minimum absolute atomic E-state index is 0.0953. The molecule has 21 heavy (non-hydrogen) atoms. The van der Waals surface area contributed by atoms with Crippen LogP contribution in [0.25, 0.3) is 11.0 Å². The zero-order valence-electron chi connectivity index (χ0n) is 12.3. The Kier molecular flexibility index (Phi) is 3.98. The molecule has 0 aliphatic rings. The van der Waals surface area contributed by atoms with Crippen molar-refractivity contribution in [3.8, 4) is 0 Å². The normalized spacial score (nSPS) is 12.9. The summed E-state index contributed by atoms with van der Waals surface area (Å²) in [5.41, 5.74) is 9.57. The number of aromatic nitrogens is 4. The lowest BCUT2D eigenvalue weighted by Crippen LogP contribution is -2.16. The van der Waals surface area contributed by atoms with Crippen LogP contribution < -0.4 is 5.73 Å². The van der Waals surface area contributed by atoms with Gasteiger partial charge in [-0.3, -0.25) is 0 Å². The maximum absolute atomic E-state index is 6.37. The Morgan fingerprint density at radius 3 is 2.86 bits per heavy atom. The first-order valence-corrected chi connectivity index (χ1v) is 8.02. The first-order chi connectivity index (χ1) is 10.2. The van der Waals surface area contributed by atoms with Gasteiger partial charge in [0, 0.05) is 19.0 Å². The van der Waals surface area contributed by atoms with Gasteiger partial charge in [0.05, 0.1) is 21.6 Å². The Bertz CT molecular complexity index is 745. The Balaban J connectivity index is 1.94. The summed E-state index contributed by atoms with van der Waals surface area (Å²) in [5, 5.41) is 4.14. The molecule has 1 unspecified atom stereocenters. The highest BCUT2D eigenvalue weighted by atomic mass is 32.1. The molecular weight excluding hydrogens is 282 g/mol. The van der Waals surface area contributed by atoms with E-state index in [2.05, 4.69) is 34.1 Å². The molecule has 0 radical (unpaired) electrons. The van der Waals surface area contributed by atoms with Crippen molar-refractivity contribution in [1.29, 1.82) is 0 Å². The third-order valence-corrected chi connectivity index (χ3v) is 4.61. The van der Waals surface area contributed by atoms with Crippen LogP contribution in [0.1, 0.15) is 36.3 Å². The van der Waals surface area contributed by atoms with Gasteiger partial charge in [0.15, 0.2) is 0 Å². The maximum Gasteiger partial charge on any atom is 0.111 e. The summed E-state index contributed by atoms with van der Waals surface area (Å²) in [4.78, 5) is 5.81. The van der Waals surface area contributed by atoms with Crippen LogP contribution in [0.15, 0.2) is 24.3 Å². The molecule has 2 heterocycles. The van der Waals surface area contributed by atoms with Gasteiger partial charge in [-0.1, -0.05) is 23.5 Å². The van der Waals surface area contributed by atoms with Gasteiger partial charge in [-0.05, 0) is 37.0 Å². The van der Waals surface area contributed by atoms with Crippen LogP contribution in [-0.4, -0.2) is 19.1 Å². The topological polar surface area (TPSA) is 69.6 Å². The molecule has 0 fully saturated rings. The van der Waals surface area contributed by atoms with Crippen molar-refractivity contribution in [2.24, 2.45) is 5.73 Å². The maximum atomic E-state index is 6.37. The summed E-state index contributed by atoms with van der Waals surface area (Å²) in [5.74, 6) is 1.03. The second-order valence-corrected chi connectivity index (χ2v) is 5.79. The Labute approximate surface area is 128 Å². The molecule has 2 aromatic heterocycles. The predicted octanol–water partition coefficient (Wildman–Crippen LogP) is 2.71. The molecule has 2 N–H and O–H groups in total. The van der Waals surface area contributed by atoms with E-state index < -0.39 is 0 Å². The molecule has 0 saturated heterocycles. The monoisotopic (exact) mass is 301 g/mol. The number of benzene rings is 1. The van der Waals surface area contributed by atoms with E-state index in [4.69, 9.17) is 10.7 Å². The first-order valence-electron chi connectivity index (χ1n) is 7.25. The molecule has 3 rings (SSSR count). The molecule has 3 aromatic rings. The summed E-state index contributed by atoms with van der Waals surface area (Å²) >= 11 is 1.40. The zero-order chi connectivity index (χ0) is 14.8. The fraction of sp³-hybridized carbons (Fsp3) is 0.400. The van der Waals surface area contributed by atoms with E-state index in [9.17, 15) is 0 Å². The Morgan fingerprint density at radius 1 is 1.29 bits per heavy atom. The first kappa shape index (κ1) is 14.2. The number of aryl methyl sites for hydroxylation is 2. The van der Waals surface area contributed by atoms with E-state index in [1.165, 1.54) is 17.0 Å². The molecule has 0 saturated carbocycles. The molecule has 1 atom stereocenters. The summed E-state index contributed by atoms with van der Waals surface area (Å²) in [6, 6.07) is 8.11. The highest BCUT2D eigenvalue weighted by molar-refractivity contribution is 7.05. The van der Waals surface area contributed by atoms with Crippen molar-refractivity contribution in [2.75, 3.05) is 0 Å². The van der Waals surface area contributed by atoms with Gasteiger partial charge in [0.25, 0.3) is 0 Å². The average molecular weight is 301 g/mol. The van der Waals surface area contributed by atoms with Crippen molar-refractivity contribution in [2.45, 2.75) is 39.3 Å². The lowest BCUT2D eigenvalue weighted by Gasteiger charge is -2.11. The van der Waals surface area contributed by atoms with E-state index in [0.29, 0.717) is 6.42 Å². The van der Waals surface area contributed by atoms with Crippen molar-refractivity contribution in [3.63, 3.8) is 0 Å². The largest absolute Gasteiger partial charge is 0.328 e. The van der Waals surface area contributed by atoms with Crippen molar-refractivity contribution in [3.05, 3.63) is 40.7 Å². The van der Waals surface area contributed by atoms with Crippen LogP contribution in [0.3, 0.4) is 0 Å². The molecule has 0 aliphatic carbocycles. The molecule has 0 aliphatic heterocycles. The van der Waals surface area contributed by atoms with E-state index in [1.54, 1.807) is 0 Å². The van der Waals surface area contributed by atoms with Gasteiger partial charge in [0.1, 0.15) is 5.82 Å². The molecule has 1 aromatic carbocycles. The molecule has 6 heteroatoms. The molecule has 5 nitrogen and oxygen atoms in total. The molecule has 0 bridgehead atoms. The minimum atomic E-state index is -0.0953. The number of hydrogen-bond acceptors (Lipinski definition) is 5. The zero-order valence-corrected chi connectivity index (χ0v) is 13.1. The quantitative estimate of drug-likeness (QED) is 0.786. The Morgan fingerprint density at radius 2 is 2.10 bits per heavy atom. The number of nitrogens with zero attached hydrogens (tertiary/aromatic N) is 4. The number of hydrogen-bond donors (Lipinski definition) is 1. The van der Waals surface area contributed by atoms with Crippen LogP contribution in [0, 0.1) is 0 Å². The fourth-order valence-electron chi connectivity index (χ4n) is 2.67. The van der Waals surface area contributed by atoms with E-state index >= 15 is 0 Å². The third kappa shape index (κ3) is 2.56. The van der Waals surface area contributed by atoms with Gasteiger partial charge in [0.2, 0.25) is 0 Å². The molecular formula is C15H19N5S. The molecule has 110 valence electrons. The summed E-state index contributed by atoms with van der Waals surface area (Å²) in [6.45, 7) is 5.10. The molecule has 0 spiro atoms. The summed E-state index contributed by atoms with van der Waals surface area (Å²) in [7, 11) is 0. The lowest BCUT2D eigenvalue weighted by molar-refractivity contribution is 0.639. The highest BCUT2D eigenvalue weighted by Gasteiger charge is 2.18. The SMILES string of the molecule is CCc1nnsc1C(N)Cc1nc2ccccc2n1CC. The number of imidazole rings is 1. The summed E-state index contributed by atoms with van der Waals surface area (Å²) in [6.07, 6.45) is 1.57. The van der Waals surface area contributed by atoms with E-state index in [0.717, 1.165) is 34.9 Å². The van der Waals surface area contributed by atoms with Crippen molar-refractivity contribution in [1.82, 2.24) is 19.1 Å². The van der Waals surface area contributed by atoms with Gasteiger partial charge < -0.3 is 10.3 Å². The highest BCUT2D eigenvalue weighted by Crippen LogP contribution is 2.24. The van der Waals surface area contributed by atoms with Crippen LogP contribution in [-0.2, 0) is 19.4 Å². The molecule has 0 amide bonds. The van der Waals surface area contributed by atoms with Crippen molar-refractivity contribution >= 4 is 22.6 Å². The van der Waals surface area contributed by atoms with Gasteiger partial charge >= 0.3 is 0 Å². The Hall–Kier alpha value is -1.79. The van der Waals surface area contributed by atoms with Crippen LogP contribution >= 0.6 is 11.5 Å². The average Bonchev–Trinajstić information content (AvgIpc) is 3.10. The lowest BCUT2D eigenvalue weighted by atomic mass is 10.1. The summed E-state index contributed by atoms with van der Waals surface area (Å²) < 4.78 is 6.26. The smallest absolute Gasteiger partial charge is 0.111 e. The second kappa shape index (κ2) is 5.91. The standard InChI is InChI=1S/C15H19N5S/c1-3-11-15(21-19-18-11)10(16)9-14-17-12-7-5-6-8-13(12)20(14)4-2/h5-8,10H,3-4,9,16H2,1-2H3. The van der Waals surface area contributed by atoms with Crippen molar-refractivity contribution < 1.29 is 0 Å². The fourth-order valence-corrected chi connectivity index (χ4v) is 3.40. The predicted molar refractivity (Wildman–Crippen MR) is 85.3 cm³/mol. The second-order valence-electron chi connectivity index (χ2n) is 5.01. The number of rotatable bonds is 5. The van der Waals surface area contributed by atoms with Gasteiger partial charge in [-0.25, -0.2) is 4.98 Å². The van der Waals surface area contributed by atoms with Crippen LogP contribution in [0.2, 0.25) is 0 Å². The van der Waals surface area contributed by atoms with E-state index in [1.807, 2.05) is 18.2 Å². The van der Waals surface area contributed by atoms with E-state index in [-0.39, 0.29) is 6.04 Å². The van der Waals surface area contributed by atoms with Crippen LogP contribution in [0.4, 0.5) is 0 Å². The number of nitrogens with two attached hydrogens (primary N) is 1. The third-order valence-electron chi connectivity index (χ3n) is 3.71. The van der Waals surface area contributed by atoms with Crippen LogP contribution in [0.5, 0.6) is 0 Å². The number of para-hydroxylation sites is 2. The number of fused-ring (bicyclic) bond motifs is 1. The van der Waals surface area contributed by atoms with Gasteiger partial charge in [-0.15, -0.1) is 5.10 Å².